The minimum Gasteiger partial charge on any atom is -0.507 e. The number of hydrogen-bond acceptors (Lipinski definition) is 3. The minimum absolute atomic E-state index is 0.108. The van der Waals surface area contributed by atoms with Crippen LogP contribution in [-0.4, -0.2) is 27.9 Å². The minimum atomic E-state index is -1.18. The van der Waals surface area contributed by atoms with Crippen molar-refractivity contribution >= 4 is 12.0 Å². The number of hydrogen-bond donors (Lipinski definition) is 3. The number of carboxylic acids is 1. The molecular weight excluding hydrogens is 184 g/mol. The van der Waals surface area contributed by atoms with Crippen molar-refractivity contribution in [1.82, 2.24) is 0 Å². The van der Waals surface area contributed by atoms with E-state index in [0.29, 0.717) is 5.56 Å². The molecule has 0 aromatic heterocycles. The average molecular weight is 194 g/mol. The number of aromatic hydroxyl groups is 1. The van der Waals surface area contributed by atoms with Crippen LogP contribution < -0.4 is 0 Å². The topological polar surface area (TPSA) is 77.8 Å². The molecule has 0 heterocycles. The fraction of sp³-hybridized carbons (Fsp3) is 0.100. The van der Waals surface area contributed by atoms with Crippen molar-refractivity contribution < 1.29 is 20.1 Å². The maximum Gasteiger partial charge on any atom is 0.339 e. The first kappa shape index (κ1) is 10.3. The van der Waals surface area contributed by atoms with E-state index in [-0.39, 0.29) is 17.9 Å². The molecular formula is C10H10O4. The highest BCUT2D eigenvalue weighted by atomic mass is 16.4. The van der Waals surface area contributed by atoms with Gasteiger partial charge in [-0.2, -0.15) is 0 Å². The van der Waals surface area contributed by atoms with Crippen LogP contribution in [0.2, 0.25) is 0 Å². The lowest BCUT2D eigenvalue weighted by Crippen LogP contribution is -1.96. The molecule has 74 valence electrons. The predicted octanol–water partition coefficient (Wildman–Crippen LogP) is 1.10. The van der Waals surface area contributed by atoms with E-state index in [1.54, 1.807) is 12.1 Å². The Morgan fingerprint density at radius 3 is 2.71 bits per heavy atom. The molecule has 0 saturated carbocycles. The van der Waals surface area contributed by atoms with E-state index in [4.69, 9.17) is 10.2 Å². The summed E-state index contributed by atoms with van der Waals surface area (Å²) in [4.78, 5) is 10.6. The molecule has 4 heteroatoms. The smallest absolute Gasteiger partial charge is 0.339 e. The Morgan fingerprint density at radius 1 is 1.43 bits per heavy atom. The van der Waals surface area contributed by atoms with E-state index in [2.05, 4.69) is 0 Å². The van der Waals surface area contributed by atoms with Crippen molar-refractivity contribution in [3.05, 3.63) is 35.4 Å². The third-order valence-corrected chi connectivity index (χ3v) is 1.67. The molecule has 4 nitrogen and oxygen atoms in total. The van der Waals surface area contributed by atoms with Crippen molar-refractivity contribution in [1.29, 1.82) is 0 Å². The first-order chi connectivity index (χ1) is 6.65. The molecule has 1 aromatic carbocycles. The van der Waals surface area contributed by atoms with Gasteiger partial charge in [-0.3, -0.25) is 0 Å². The van der Waals surface area contributed by atoms with Gasteiger partial charge >= 0.3 is 5.97 Å². The van der Waals surface area contributed by atoms with Gasteiger partial charge < -0.3 is 15.3 Å². The molecule has 0 spiro atoms. The largest absolute Gasteiger partial charge is 0.507 e. The number of benzene rings is 1. The van der Waals surface area contributed by atoms with Crippen LogP contribution in [-0.2, 0) is 0 Å². The lowest BCUT2D eigenvalue weighted by molar-refractivity contribution is 0.0693. The molecule has 0 aliphatic rings. The Kier molecular flexibility index (Phi) is 3.25. The third kappa shape index (κ3) is 2.34. The summed E-state index contributed by atoms with van der Waals surface area (Å²) in [6.07, 6.45) is 3.06. The third-order valence-electron chi connectivity index (χ3n) is 1.67. The summed E-state index contributed by atoms with van der Waals surface area (Å²) in [5, 5.41) is 26.4. The number of aromatic carboxylic acids is 1. The maximum absolute atomic E-state index is 10.6. The summed E-state index contributed by atoms with van der Waals surface area (Å²) in [6.45, 7) is -0.108. The van der Waals surface area contributed by atoms with Crippen molar-refractivity contribution in [3.63, 3.8) is 0 Å². The Bertz CT molecular complexity index is 368. The van der Waals surface area contributed by atoms with Crippen molar-refractivity contribution in [2.75, 3.05) is 6.61 Å². The predicted molar refractivity (Wildman–Crippen MR) is 51.2 cm³/mol. The van der Waals surface area contributed by atoms with E-state index in [9.17, 15) is 9.90 Å². The molecule has 1 aromatic rings. The molecule has 0 unspecified atom stereocenters. The number of aliphatic hydroxyl groups excluding tert-OH is 1. The van der Waals surface area contributed by atoms with Crippen LogP contribution in [0.5, 0.6) is 5.75 Å². The first-order valence-electron chi connectivity index (χ1n) is 3.99. The SMILES string of the molecule is O=C(O)c1cc(C=CCO)ccc1O. The van der Waals surface area contributed by atoms with Gasteiger partial charge in [0.2, 0.25) is 0 Å². The van der Waals surface area contributed by atoms with Gasteiger partial charge in [0.05, 0.1) is 6.61 Å². The number of aliphatic hydroxyl groups is 1. The molecule has 3 N–H and O–H groups in total. The molecule has 0 saturated heterocycles. The monoisotopic (exact) mass is 194 g/mol. The summed E-state index contributed by atoms with van der Waals surface area (Å²) in [7, 11) is 0. The Morgan fingerprint density at radius 2 is 2.14 bits per heavy atom. The van der Waals surface area contributed by atoms with Crippen molar-refractivity contribution in [2.45, 2.75) is 0 Å². The average Bonchev–Trinajstić information content (AvgIpc) is 2.16. The van der Waals surface area contributed by atoms with Gasteiger partial charge in [-0.05, 0) is 17.7 Å². The first-order valence-corrected chi connectivity index (χ1v) is 3.99. The Labute approximate surface area is 80.7 Å². The molecule has 0 amide bonds. The highest BCUT2D eigenvalue weighted by molar-refractivity contribution is 5.91. The van der Waals surface area contributed by atoms with Crippen molar-refractivity contribution in [2.24, 2.45) is 0 Å². The number of carbonyl (C=O) groups is 1. The molecule has 0 aliphatic heterocycles. The van der Waals surface area contributed by atoms with Crippen LogP contribution in [0.3, 0.4) is 0 Å². The molecule has 0 aliphatic carbocycles. The van der Waals surface area contributed by atoms with E-state index in [0.717, 1.165) is 0 Å². The molecule has 0 bridgehead atoms. The van der Waals surface area contributed by atoms with Gasteiger partial charge in [0, 0.05) is 0 Å². The fourth-order valence-electron chi connectivity index (χ4n) is 1.02. The lowest BCUT2D eigenvalue weighted by atomic mass is 10.1. The van der Waals surface area contributed by atoms with Gasteiger partial charge in [0.15, 0.2) is 0 Å². The molecule has 1 rings (SSSR count). The van der Waals surface area contributed by atoms with Gasteiger partial charge in [-0.25, -0.2) is 4.79 Å². The Hall–Kier alpha value is -1.81. The summed E-state index contributed by atoms with van der Waals surface area (Å²) in [6, 6.07) is 4.21. The second kappa shape index (κ2) is 4.43. The van der Waals surface area contributed by atoms with Crippen LogP contribution in [0, 0.1) is 0 Å². The zero-order valence-electron chi connectivity index (χ0n) is 7.34. The van der Waals surface area contributed by atoms with Crippen LogP contribution in [0.15, 0.2) is 24.3 Å². The highest BCUT2D eigenvalue weighted by Gasteiger charge is 2.08. The summed E-state index contributed by atoms with van der Waals surface area (Å²) in [5.41, 5.74) is 0.472. The zero-order valence-corrected chi connectivity index (χ0v) is 7.34. The standard InChI is InChI=1S/C10H10O4/c11-5-1-2-7-3-4-9(12)8(6-7)10(13)14/h1-4,6,11-12H,5H2,(H,13,14). The van der Waals surface area contributed by atoms with Crippen LogP contribution in [0.25, 0.3) is 6.08 Å². The molecule has 0 radical (unpaired) electrons. The van der Waals surface area contributed by atoms with Gasteiger partial charge in [0.1, 0.15) is 11.3 Å². The normalized spacial score (nSPS) is 10.6. The fourth-order valence-corrected chi connectivity index (χ4v) is 1.02. The van der Waals surface area contributed by atoms with E-state index in [1.165, 1.54) is 18.2 Å². The second-order valence-corrected chi connectivity index (χ2v) is 2.67. The summed E-state index contributed by atoms with van der Waals surface area (Å²) in [5.74, 6) is -1.44. The van der Waals surface area contributed by atoms with Crippen LogP contribution >= 0.6 is 0 Å². The van der Waals surface area contributed by atoms with E-state index < -0.39 is 5.97 Å². The van der Waals surface area contributed by atoms with Gasteiger partial charge in [0.25, 0.3) is 0 Å². The number of rotatable bonds is 3. The van der Waals surface area contributed by atoms with E-state index >= 15 is 0 Å². The molecule has 14 heavy (non-hydrogen) atoms. The lowest BCUT2D eigenvalue weighted by Gasteiger charge is -2.00. The number of phenols is 1. The maximum atomic E-state index is 10.6. The second-order valence-electron chi connectivity index (χ2n) is 2.67. The van der Waals surface area contributed by atoms with Gasteiger partial charge in [-0.15, -0.1) is 0 Å². The van der Waals surface area contributed by atoms with Crippen LogP contribution in [0.4, 0.5) is 0 Å². The zero-order chi connectivity index (χ0) is 10.6. The number of carboxylic acid groups (broad SMARTS) is 1. The summed E-state index contributed by atoms with van der Waals surface area (Å²) < 4.78 is 0. The molecule has 0 atom stereocenters. The van der Waals surface area contributed by atoms with Crippen LogP contribution in [0.1, 0.15) is 15.9 Å². The Balaban J connectivity index is 3.06. The van der Waals surface area contributed by atoms with Crippen molar-refractivity contribution in [3.8, 4) is 5.75 Å². The quantitative estimate of drug-likeness (QED) is 0.673. The highest BCUT2D eigenvalue weighted by Crippen LogP contribution is 2.18. The van der Waals surface area contributed by atoms with Gasteiger partial charge in [-0.1, -0.05) is 18.2 Å². The summed E-state index contributed by atoms with van der Waals surface area (Å²) >= 11 is 0. The van der Waals surface area contributed by atoms with E-state index in [1.807, 2.05) is 0 Å². The molecule has 0 fully saturated rings.